The van der Waals surface area contributed by atoms with E-state index < -0.39 is 0 Å². The molecule has 156 valence electrons. The van der Waals surface area contributed by atoms with Gasteiger partial charge >= 0.3 is 0 Å². The maximum atomic E-state index is 5.57. The minimum absolute atomic E-state index is 0.605. The third-order valence-corrected chi connectivity index (χ3v) is 5.24. The predicted octanol–water partition coefficient (Wildman–Crippen LogP) is 2.85. The van der Waals surface area contributed by atoms with E-state index in [0.29, 0.717) is 13.1 Å². The van der Waals surface area contributed by atoms with Crippen LogP contribution in [0.15, 0.2) is 58.3 Å². The van der Waals surface area contributed by atoms with Gasteiger partial charge in [0.1, 0.15) is 0 Å². The van der Waals surface area contributed by atoms with Gasteiger partial charge in [-0.25, -0.2) is 0 Å². The zero-order valence-electron chi connectivity index (χ0n) is 16.8. The average Bonchev–Trinajstić information content (AvgIpc) is 2.73. The highest BCUT2D eigenvalue weighted by molar-refractivity contribution is 7.97. The highest BCUT2D eigenvalue weighted by Gasteiger charge is 1.98. The topological polar surface area (TPSA) is 93.3 Å². The average molecular weight is 422 g/mol. The van der Waals surface area contributed by atoms with E-state index in [4.69, 9.17) is 17.2 Å². The molecule has 28 heavy (non-hydrogen) atoms. The first-order valence-electron chi connectivity index (χ1n) is 9.64. The third-order valence-electron chi connectivity index (χ3n) is 4.08. The van der Waals surface area contributed by atoms with Crippen molar-refractivity contribution in [1.29, 1.82) is 0 Å². The van der Waals surface area contributed by atoms with Crippen molar-refractivity contribution in [2.45, 2.75) is 35.7 Å². The zero-order chi connectivity index (χ0) is 20.6. The highest BCUT2D eigenvalue weighted by Crippen LogP contribution is 2.14. The van der Waals surface area contributed by atoms with Gasteiger partial charge in [-0.15, -0.1) is 12.6 Å². The predicted molar refractivity (Wildman–Crippen MR) is 126 cm³/mol. The van der Waals surface area contributed by atoms with Crippen LogP contribution in [0.2, 0.25) is 0 Å². The van der Waals surface area contributed by atoms with Gasteiger partial charge in [0.05, 0.1) is 0 Å². The maximum Gasteiger partial charge on any atom is 0.0228 e. The number of nitrogens with zero attached hydrogens (tertiary/aromatic N) is 1. The molecule has 0 aromatic heterocycles. The molecule has 0 atom stereocenters. The Hall–Kier alpha value is -1.06. The first-order valence-corrected chi connectivity index (χ1v) is 10.9. The molecular formula is C21H35N5S2. The Morgan fingerprint density at radius 3 is 1.93 bits per heavy atom. The van der Waals surface area contributed by atoms with Gasteiger partial charge in [0.25, 0.3) is 0 Å². The summed E-state index contributed by atoms with van der Waals surface area (Å²) >= 11 is 5.81. The second-order valence-electron chi connectivity index (χ2n) is 6.51. The highest BCUT2D eigenvalue weighted by atomic mass is 32.2. The molecule has 7 heteroatoms. The molecule has 0 aliphatic heterocycles. The molecule has 0 radical (unpaired) electrons. The van der Waals surface area contributed by atoms with E-state index in [2.05, 4.69) is 53.6 Å². The van der Waals surface area contributed by atoms with Crippen LogP contribution in [-0.4, -0.2) is 38.1 Å². The molecular weight excluding hydrogens is 386 g/mol. The molecule has 0 spiro atoms. The summed E-state index contributed by atoms with van der Waals surface area (Å²) in [5.41, 5.74) is 18.7. The minimum Gasteiger partial charge on any atom is -0.330 e. The van der Waals surface area contributed by atoms with Gasteiger partial charge in [0.2, 0.25) is 0 Å². The number of nitrogens with one attached hydrogen (secondary N) is 1. The molecule has 0 unspecified atom stereocenters. The molecule has 0 amide bonds. The summed E-state index contributed by atoms with van der Waals surface area (Å²) in [5.74, 6) is 0. The monoisotopic (exact) mass is 421 g/mol. The number of nitrogens with two attached hydrogens (primary N) is 3. The van der Waals surface area contributed by atoms with Crippen molar-refractivity contribution < 1.29 is 0 Å². The fraction of sp³-hybridized carbons (Fsp3) is 0.429. The zero-order valence-corrected chi connectivity index (χ0v) is 18.5. The van der Waals surface area contributed by atoms with Crippen molar-refractivity contribution in [1.82, 2.24) is 9.62 Å². The molecule has 5 nitrogen and oxygen atoms in total. The summed E-state index contributed by atoms with van der Waals surface area (Å²) in [6.45, 7) is 5.19. The SMILES string of the molecule is CN(CCCN)CCCNSc1ccc(CN)cc1.NCc1ccc(S)cc1. The number of hydrogen-bond donors (Lipinski definition) is 5. The molecule has 0 saturated heterocycles. The Bertz CT molecular complexity index is 620. The van der Waals surface area contributed by atoms with E-state index >= 15 is 0 Å². The van der Waals surface area contributed by atoms with Gasteiger partial charge in [-0.3, -0.25) is 4.72 Å². The van der Waals surface area contributed by atoms with E-state index in [1.165, 1.54) is 10.5 Å². The van der Waals surface area contributed by atoms with Gasteiger partial charge < -0.3 is 22.1 Å². The molecule has 0 aliphatic rings. The summed E-state index contributed by atoms with van der Waals surface area (Å²) in [6, 6.07) is 16.2. The molecule has 0 saturated carbocycles. The van der Waals surface area contributed by atoms with Gasteiger partial charge in [0.15, 0.2) is 0 Å². The van der Waals surface area contributed by atoms with Gasteiger partial charge in [0, 0.05) is 29.4 Å². The Morgan fingerprint density at radius 1 is 0.857 bits per heavy atom. The number of thiol groups is 1. The number of rotatable bonds is 11. The lowest BCUT2D eigenvalue weighted by atomic mass is 10.2. The fourth-order valence-corrected chi connectivity index (χ4v) is 3.19. The van der Waals surface area contributed by atoms with Crippen molar-refractivity contribution >= 4 is 24.6 Å². The van der Waals surface area contributed by atoms with Gasteiger partial charge in [-0.2, -0.15) is 0 Å². The molecule has 2 aromatic carbocycles. The second kappa shape index (κ2) is 15.8. The smallest absolute Gasteiger partial charge is 0.0228 e. The summed E-state index contributed by atoms with van der Waals surface area (Å²) in [5, 5.41) is 0. The Labute approximate surface area is 180 Å². The van der Waals surface area contributed by atoms with E-state index in [1.54, 1.807) is 11.9 Å². The standard InChI is InChI=1S/C14H26N4S.C7H9NS/c1-18(10-2-8-15)11-3-9-17-19-14-6-4-13(12-16)5-7-14;8-5-6-1-3-7(9)4-2-6/h4-7,17H,2-3,8-12,15-16H2,1H3;1-4,9H,5,8H2. The Balaban J connectivity index is 0.000000362. The molecule has 0 fully saturated rings. The van der Waals surface area contributed by atoms with Gasteiger partial charge in [-0.1, -0.05) is 24.3 Å². The van der Waals surface area contributed by atoms with Crippen LogP contribution < -0.4 is 21.9 Å². The number of benzene rings is 2. The van der Waals surface area contributed by atoms with Crippen LogP contribution in [0.5, 0.6) is 0 Å². The first-order chi connectivity index (χ1) is 13.6. The summed E-state index contributed by atoms with van der Waals surface area (Å²) in [4.78, 5) is 4.54. The van der Waals surface area contributed by atoms with Crippen LogP contribution in [0.3, 0.4) is 0 Å². The van der Waals surface area contributed by atoms with Crippen LogP contribution >= 0.6 is 24.6 Å². The summed E-state index contributed by atoms with van der Waals surface area (Å²) in [6.07, 6.45) is 2.22. The van der Waals surface area contributed by atoms with Crippen LogP contribution in [0.4, 0.5) is 0 Å². The van der Waals surface area contributed by atoms with E-state index in [-0.39, 0.29) is 0 Å². The second-order valence-corrected chi connectivity index (χ2v) is 7.99. The van der Waals surface area contributed by atoms with Crippen molar-refractivity contribution in [2.75, 3.05) is 33.2 Å². The van der Waals surface area contributed by atoms with Crippen LogP contribution in [0, 0.1) is 0 Å². The minimum atomic E-state index is 0.605. The Kier molecular flexibility index (Phi) is 14.1. The molecule has 0 aliphatic carbocycles. The van der Waals surface area contributed by atoms with E-state index in [9.17, 15) is 0 Å². The van der Waals surface area contributed by atoms with Crippen LogP contribution in [-0.2, 0) is 13.1 Å². The van der Waals surface area contributed by atoms with E-state index in [0.717, 1.165) is 49.5 Å². The molecule has 0 heterocycles. The molecule has 2 aromatic rings. The number of hydrogen-bond acceptors (Lipinski definition) is 7. The van der Waals surface area contributed by atoms with Crippen LogP contribution in [0.25, 0.3) is 0 Å². The van der Waals surface area contributed by atoms with Crippen molar-refractivity contribution in [3.63, 3.8) is 0 Å². The molecule has 2 rings (SSSR count). The van der Waals surface area contributed by atoms with Crippen molar-refractivity contribution in [2.24, 2.45) is 17.2 Å². The normalized spacial score (nSPS) is 10.6. The summed E-state index contributed by atoms with van der Waals surface area (Å²) in [7, 11) is 2.15. The summed E-state index contributed by atoms with van der Waals surface area (Å²) < 4.78 is 3.38. The van der Waals surface area contributed by atoms with Crippen molar-refractivity contribution in [3.05, 3.63) is 59.7 Å². The van der Waals surface area contributed by atoms with Gasteiger partial charge in [-0.05, 0) is 86.9 Å². The fourth-order valence-electron chi connectivity index (χ4n) is 2.35. The lowest BCUT2D eigenvalue weighted by Crippen LogP contribution is -2.24. The maximum absolute atomic E-state index is 5.57. The quantitative estimate of drug-likeness (QED) is 0.218. The third kappa shape index (κ3) is 11.7. The van der Waals surface area contributed by atoms with Crippen LogP contribution in [0.1, 0.15) is 24.0 Å². The Morgan fingerprint density at radius 2 is 1.39 bits per heavy atom. The molecule has 7 N–H and O–H groups in total. The largest absolute Gasteiger partial charge is 0.330 e. The first kappa shape index (κ1) is 25.0. The lowest BCUT2D eigenvalue weighted by Gasteiger charge is -2.15. The molecule has 0 bridgehead atoms. The lowest BCUT2D eigenvalue weighted by molar-refractivity contribution is 0.327. The van der Waals surface area contributed by atoms with Crippen molar-refractivity contribution in [3.8, 4) is 0 Å². The van der Waals surface area contributed by atoms with E-state index in [1.807, 2.05) is 24.3 Å².